The van der Waals surface area contributed by atoms with E-state index >= 15 is 0 Å². The largest absolute Gasteiger partial charge is 0.383 e. The normalized spacial score (nSPS) is 10.6. The second kappa shape index (κ2) is 9.55. The van der Waals surface area contributed by atoms with Crippen LogP contribution in [0.3, 0.4) is 0 Å². The molecule has 6 heteroatoms. The van der Waals surface area contributed by atoms with Gasteiger partial charge in [0.05, 0.1) is 0 Å². The van der Waals surface area contributed by atoms with E-state index in [1.807, 2.05) is 49.4 Å². The van der Waals surface area contributed by atoms with Gasteiger partial charge in [0.25, 0.3) is 0 Å². The predicted octanol–water partition coefficient (Wildman–Crippen LogP) is 5.17. The molecule has 0 fully saturated rings. The molecule has 30 heavy (non-hydrogen) atoms. The maximum absolute atomic E-state index is 12.6. The summed E-state index contributed by atoms with van der Waals surface area (Å²) >= 11 is 6.48. The van der Waals surface area contributed by atoms with Gasteiger partial charge in [-0.15, -0.1) is 0 Å². The van der Waals surface area contributed by atoms with Gasteiger partial charge < -0.3 is 10.6 Å². The number of aromatic nitrogens is 1. The Morgan fingerprint density at radius 2 is 1.83 bits per heavy atom. The quantitative estimate of drug-likeness (QED) is 0.534. The number of carbonyl (C=O) groups is 2. The first-order valence-corrected chi connectivity index (χ1v) is 10.2. The Hall–Kier alpha value is -3.18. The van der Waals surface area contributed by atoms with E-state index in [1.165, 1.54) is 0 Å². The number of anilines is 2. The fraction of sp³-hybridized carbons (Fsp3) is 0.208. The summed E-state index contributed by atoms with van der Waals surface area (Å²) in [6.45, 7) is 1.83. The first kappa shape index (κ1) is 21.5. The van der Waals surface area contributed by atoms with Gasteiger partial charge in [0, 0.05) is 47.9 Å². The Labute approximate surface area is 181 Å². The van der Waals surface area contributed by atoms with Crippen LogP contribution in [-0.2, 0) is 11.2 Å². The molecule has 0 saturated carbocycles. The number of hydrogen-bond donors (Lipinski definition) is 1. The van der Waals surface area contributed by atoms with Crippen molar-refractivity contribution in [2.75, 3.05) is 17.7 Å². The summed E-state index contributed by atoms with van der Waals surface area (Å²) in [7, 11) is 1.76. The molecule has 0 saturated heterocycles. The first-order chi connectivity index (χ1) is 14.4. The molecule has 2 N–H and O–H groups in total. The van der Waals surface area contributed by atoms with E-state index in [0.717, 1.165) is 22.4 Å². The lowest BCUT2D eigenvalue weighted by Crippen LogP contribution is -2.24. The van der Waals surface area contributed by atoms with E-state index in [9.17, 15) is 9.59 Å². The van der Waals surface area contributed by atoms with E-state index in [4.69, 9.17) is 17.3 Å². The van der Waals surface area contributed by atoms with Crippen molar-refractivity contribution in [2.45, 2.75) is 26.2 Å². The van der Waals surface area contributed by atoms with Crippen LogP contribution in [0, 0.1) is 0 Å². The van der Waals surface area contributed by atoms with Crippen molar-refractivity contribution in [3.8, 4) is 11.1 Å². The van der Waals surface area contributed by atoms with Crippen molar-refractivity contribution in [1.29, 1.82) is 0 Å². The maximum atomic E-state index is 12.6. The number of benzene rings is 2. The summed E-state index contributed by atoms with van der Waals surface area (Å²) in [5.74, 6) is 0.506. The third-order valence-electron chi connectivity index (χ3n) is 5.08. The summed E-state index contributed by atoms with van der Waals surface area (Å²) in [6, 6.07) is 16.6. The summed E-state index contributed by atoms with van der Waals surface area (Å²) in [4.78, 5) is 30.1. The van der Waals surface area contributed by atoms with Gasteiger partial charge in [-0.3, -0.25) is 9.59 Å². The van der Waals surface area contributed by atoms with Crippen molar-refractivity contribution in [3.63, 3.8) is 0 Å². The number of aryl methyl sites for hydroxylation is 1. The number of hydrogen-bond acceptors (Lipinski definition) is 4. The number of halogens is 1. The SMILES string of the molecule is CCC(=O)N(C)c1ccc(-c2ccc(C(=O)CCc3cccnc3N)cc2Cl)cc1. The highest BCUT2D eigenvalue weighted by Gasteiger charge is 2.13. The summed E-state index contributed by atoms with van der Waals surface area (Å²) in [6.07, 6.45) is 2.94. The molecule has 0 atom stereocenters. The second-order valence-electron chi connectivity index (χ2n) is 7.02. The molecular formula is C24H24ClN3O2. The monoisotopic (exact) mass is 421 g/mol. The topological polar surface area (TPSA) is 76.3 Å². The van der Waals surface area contributed by atoms with Crippen LogP contribution in [0.1, 0.15) is 35.7 Å². The molecule has 0 bridgehead atoms. The van der Waals surface area contributed by atoms with Gasteiger partial charge >= 0.3 is 0 Å². The lowest BCUT2D eigenvalue weighted by atomic mass is 9.99. The average molecular weight is 422 g/mol. The molecule has 0 spiro atoms. The molecule has 0 aliphatic heterocycles. The maximum Gasteiger partial charge on any atom is 0.226 e. The van der Waals surface area contributed by atoms with Crippen LogP contribution in [-0.4, -0.2) is 23.7 Å². The molecule has 1 heterocycles. The smallest absolute Gasteiger partial charge is 0.226 e. The van der Waals surface area contributed by atoms with Gasteiger partial charge in [0.2, 0.25) is 5.91 Å². The van der Waals surface area contributed by atoms with Crippen LogP contribution in [0.25, 0.3) is 11.1 Å². The van der Waals surface area contributed by atoms with Crippen LogP contribution >= 0.6 is 11.6 Å². The zero-order chi connectivity index (χ0) is 21.7. The number of nitrogens with zero attached hydrogens (tertiary/aromatic N) is 2. The van der Waals surface area contributed by atoms with E-state index in [-0.39, 0.29) is 11.7 Å². The average Bonchev–Trinajstić information content (AvgIpc) is 2.77. The Balaban J connectivity index is 1.72. The van der Waals surface area contributed by atoms with Crippen LogP contribution < -0.4 is 10.6 Å². The minimum atomic E-state index is 0.00162. The van der Waals surface area contributed by atoms with Crippen LogP contribution in [0.5, 0.6) is 0 Å². The minimum absolute atomic E-state index is 0.00162. The molecular weight excluding hydrogens is 398 g/mol. The summed E-state index contributed by atoms with van der Waals surface area (Å²) in [5.41, 5.74) is 9.85. The fourth-order valence-corrected chi connectivity index (χ4v) is 3.51. The number of rotatable bonds is 7. The Bertz CT molecular complexity index is 1060. The van der Waals surface area contributed by atoms with E-state index in [1.54, 1.807) is 30.3 Å². The molecule has 0 unspecified atom stereocenters. The highest BCUT2D eigenvalue weighted by atomic mass is 35.5. The van der Waals surface area contributed by atoms with Gasteiger partial charge in [-0.1, -0.05) is 48.9 Å². The van der Waals surface area contributed by atoms with Gasteiger partial charge in [-0.2, -0.15) is 0 Å². The summed E-state index contributed by atoms with van der Waals surface area (Å²) in [5, 5.41) is 0.507. The van der Waals surface area contributed by atoms with Gasteiger partial charge in [-0.05, 0) is 41.8 Å². The van der Waals surface area contributed by atoms with Crippen molar-refractivity contribution in [1.82, 2.24) is 4.98 Å². The number of nitrogen functional groups attached to an aromatic ring is 1. The Morgan fingerprint density at radius 1 is 1.10 bits per heavy atom. The number of amides is 1. The second-order valence-corrected chi connectivity index (χ2v) is 7.43. The third kappa shape index (κ3) is 4.86. The van der Waals surface area contributed by atoms with E-state index in [2.05, 4.69) is 4.98 Å². The molecule has 0 aliphatic rings. The molecule has 2 aromatic carbocycles. The van der Waals surface area contributed by atoms with Crippen molar-refractivity contribution in [2.24, 2.45) is 0 Å². The lowest BCUT2D eigenvalue weighted by molar-refractivity contribution is -0.118. The standard InChI is InChI=1S/C24H24ClN3O2/c1-3-23(30)28(2)19-10-6-16(7-11-19)20-12-8-18(15-21(20)25)22(29)13-9-17-5-4-14-27-24(17)26/h4-8,10-12,14-15H,3,9,13H2,1-2H3,(H2,26,27). The molecule has 3 aromatic rings. The first-order valence-electron chi connectivity index (χ1n) is 9.79. The Morgan fingerprint density at radius 3 is 2.47 bits per heavy atom. The molecule has 0 aliphatic carbocycles. The number of pyridine rings is 1. The number of carbonyl (C=O) groups excluding carboxylic acids is 2. The van der Waals surface area contributed by atoms with Crippen LogP contribution in [0.4, 0.5) is 11.5 Å². The van der Waals surface area contributed by atoms with Gasteiger partial charge in [-0.25, -0.2) is 4.98 Å². The molecule has 1 amide bonds. The number of ketones is 1. The fourth-order valence-electron chi connectivity index (χ4n) is 3.22. The van der Waals surface area contributed by atoms with E-state index in [0.29, 0.717) is 35.7 Å². The molecule has 1 aromatic heterocycles. The van der Waals surface area contributed by atoms with Gasteiger partial charge in [0.15, 0.2) is 5.78 Å². The van der Waals surface area contributed by atoms with E-state index < -0.39 is 0 Å². The lowest BCUT2D eigenvalue weighted by Gasteiger charge is -2.17. The van der Waals surface area contributed by atoms with Crippen molar-refractivity contribution < 1.29 is 9.59 Å². The number of nitrogens with two attached hydrogens (primary N) is 1. The molecule has 5 nitrogen and oxygen atoms in total. The van der Waals surface area contributed by atoms with Crippen molar-refractivity contribution in [3.05, 3.63) is 76.9 Å². The third-order valence-corrected chi connectivity index (χ3v) is 5.39. The van der Waals surface area contributed by atoms with Crippen LogP contribution in [0.2, 0.25) is 5.02 Å². The molecule has 3 rings (SSSR count). The predicted molar refractivity (Wildman–Crippen MR) is 122 cm³/mol. The highest BCUT2D eigenvalue weighted by molar-refractivity contribution is 6.33. The van der Waals surface area contributed by atoms with Crippen LogP contribution in [0.15, 0.2) is 60.8 Å². The zero-order valence-corrected chi connectivity index (χ0v) is 17.8. The van der Waals surface area contributed by atoms with Gasteiger partial charge in [0.1, 0.15) is 5.82 Å². The highest BCUT2D eigenvalue weighted by Crippen LogP contribution is 2.30. The molecule has 0 radical (unpaired) electrons. The van der Waals surface area contributed by atoms with Crippen molar-refractivity contribution >= 4 is 34.8 Å². The molecule has 154 valence electrons. The number of Topliss-reactive ketones (excluding diaryl/α,β-unsaturated/α-hetero) is 1. The zero-order valence-electron chi connectivity index (χ0n) is 17.1. The Kier molecular flexibility index (Phi) is 6.85. The minimum Gasteiger partial charge on any atom is -0.383 e. The summed E-state index contributed by atoms with van der Waals surface area (Å²) < 4.78 is 0.